The molecular formula is C12H16INS. The summed E-state index contributed by atoms with van der Waals surface area (Å²) in [4.78, 5) is 0. The number of halogens is 1. The smallest absolute Gasteiger partial charge is 0.0656 e. The molecule has 3 heteroatoms. The van der Waals surface area contributed by atoms with Gasteiger partial charge in [0.25, 0.3) is 0 Å². The molecule has 0 aliphatic carbocycles. The van der Waals surface area contributed by atoms with E-state index in [2.05, 4.69) is 52.2 Å². The molecule has 0 aromatic carbocycles. The Morgan fingerprint density at radius 1 is 1.67 bits per heavy atom. The van der Waals surface area contributed by atoms with Gasteiger partial charge in [-0.2, -0.15) is 0 Å². The van der Waals surface area contributed by atoms with Gasteiger partial charge in [-0.3, -0.25) is 0 Å². The lowest BCUT2D eigenvalue weighted by Gasteiger charge is -2.15. The van der Waals surface area contributed by atoms with Crippen LogP contribution in [0, 0.1) is 15.2 Å². The first kappa shape index (κ1) is 13.0. The largest absolute Gasteiger partial charge is 0.310 e. The lowest BCUT2D eigenvalue weighted by molar-refractivity contribution is 0.503. The second-order valence-electron chi connectivity index (χ2n) is 3.39. The molecule has 1 heterocycles. The summed E-state index contributed by atoms with van der Waals surface area (Å²) in [6.07, 6.45) is 8.37. The van der Waals surface area contributed by atoms with Gasteiger partial charge in [0.1, 0.15) is 0 Å². The van der Waals surface area contributed by atoms with E-state index in [1.807, 2.05) is 0 Å². The minimum atomic E-state index is 0.475. The Balaban J connectivity index is 2.54. The van der Waals surface area contributed by atoms with Crippen LogP contribution in [0.2, 0.25) is 0 Å². The highest BCUT2D eigenvalue weighted by Crippen LogP contribution is 2.25. The molecule has 0 aliphatic rings. The van der Waals surface area contributed by atoms with E-state index in [4.69, 9.17) is 6.42 Å². The second-order valence-corrected chi connectivity index (χ2v) is 6.20. The fourth-order valence-electron chi connectivity index (χ4n) is 1.55. The predicted molar refractivity (Wildman–Crippen MR) is 76.1 cm³/mol. The summed E-state index contributed by atoms with van der Waals surface area (Å²) in [5.41, 5.74) is 1.41. The molecule has 0 saturated carbocycles. The van der Waals surface area contributed by atoms with Crippen molar-refractivity contribution in [3.63, 3.8) is 0 Å². The normalized spacial score (nSPS) is 12.3. The van der Waals surface area contributed by atoms with Gasteiger partial charge in [-0.15, -0.1) is 23.7 Å². The third kappa shape index (κ3) is 4.54. The van der Waals surface area contributed by atoms with E-state index in [9.17, 15) is 0 Å². The van der Waals surface area contributed by atoms with E-state index in [1.165, 1.54) is 8.45 Å². The lowest BCUT2D eigenvalue weighted by Crippen LogP contribution is -2.20. The molecule has 1 aromatic rings. The van der Waals surface area contributed by atoms with Crippen LogP contribution in [0.5, 0.6) is 0 Å². The molecule has 1 atom stereocenters. The Morgan fingerprint density at radius 2 is 2.47 bits per heavy atom. The molecule has 1 nitrogen and oxygen atoms in total. The number of thiophene rings is 1. The zero-order chi connectivity index (χ0) is 11.1. The molecule has 1 N–H and O–H groups in total. The van der Waals surface area contributed by atoms with Gasteiger partial charge in [-0.25, -0.2) is 0 Å². The van der Waals surface area contributed by atoms with Crippen LogP contribution in [0.15, 0.2) is 11.4 Å². The van der Waals surface area contributed by atoms with Crippen molar-refractivity contribution in [3.05, 3.63) is 19.9 Å². The Kier molecular flexibility index (Phi) is 6.30. The van der Waals surface area contributed by atoms with Gasteiger partial charge in [0, 0.05) is 12.5 Å². The van der Waals surface area contributed by atoms with E-state index >= 15 is 0 Å². The number of terminal acetylenes is 1. The highest BCUT2D eigenvalue weighted by atomic mass is 127. The average Bonchev–Trinajstić information content (AvgIpc) is 2.64. The molecule has 1 aromatic heterocycles. The van der Waals surface area contributed by atoms with E-state index < -0.39 is 0 Å². The van der Waals surface area contributed by atoms with E-state index in [1.54, 1.807) is 11.3 Å². The first-order valence-corrected chi connectivity index (χ1v) is 7.14. The van der Waals surface area contributed by atoms with Crippen LogP contribution in [-0.4, -0.2) is 6.54 Å². The summed E-state index contributed by atoms with van der Waals surface area (Å²) in [7, 11) is 0. The monoisotopic (exact) mass is 333 g/mol. The van der Waals surface area contributed by atoms with Gasteiger partial charge in [0.15, 0.2) is 0 Å². The van der Waals surface area contributed by atoms with Crippen LogP contribution in [0.25, 0.3) is 0 Å². The van der Waals surface area contributed by atoms with Crippen molar-refractivity contribution >= 4 is 33.9 Å². The van der Waals surface area contributed by atoms with Gasteiger partial charge in [0.05, 0.1) is 2.88 Å². The molecule has 0 amide bonds. The quantitative estimate of drug-likeness (QED) is 0.474. The molecule has 0 fully saturated rings. The van der Waals surface area contributed by atoms with Crippen molar-refractivity contribution in [2.75, 3.05) is 6.54 Å². The van der Waals surface area contributed by atoms with Crippen molar-refractivity contribution in [1.82, 2.24) is 5.32 Å². The third-order valence-corrected chi connectivity index (χ3v) is 4.06. The fourth-order valence-corrected chi connectivity index (χ4v) is 2.97. The van der Waals surface area contributed by atoms with Gasteiger partial charge < -0.3 is 5.32 Å². The lowest BCUT2D eigenvalue weighted by atomic mass is 10.0. The van der Waals surface area contributed by atoms with Crippen molar-refractivity contribution in [3.8, 4) is 12.3 Å². The molecule has 15 heavy (non-hydrogen) atoms. The van der Waals surface area contributed by atoms with Crippen LogP contribution in [-0.2, 0) is 0 Å². The molecule has 0 radical (unpaired) electrons. The number of rotatable bonds is 6. The highest BCUT2D eigenvalue weighted by Gasteiger charge is 2.10. The highest BCUT2D eigenvalue weighted by molar-refractivity contribution is 14.1. The second kappa shape index (κ2) is 7.26. The Labute approximate surface area is 110 Å². The number of nitrogens with one attached hydrogen (secondary N) is 1. The van der Waals surface area contributed by atoms with E-state index in [0.29, 0.717) is 6.04 Å². The molecule has 0 bridgehead atoms. The zero-order valence-electron chi connectivity index (χ0n) is 8.92. The summed E-state index contributed by atoms with van der Waals surface area (Å²) in [6.45, 7) is 3.15. The molecule has 1 unspecified atom stereocenters. The van der Waals surface area contributed by atoms with E-state index in [-0.39, 0.29) is 0 Å². The molecule has 0 aliphatic heterocycles. The molecule has 0 spiro atoms. The predicted octanol–water partition coefficient (Wildman–Crippen LogP) is 3.81. The molecule has 1 rings (SSSR count). The zero-order valence-corrected chi connectivity index (χ0v) is 11.9. The summed E-state index contributed by atoms with van der Waals surface area (Å²) in [5, 5.41) is 5.75. The Hall–Kier alpha value is -0.0500. The summed E-state index contributed by atoms with van der Waals surface area (Å²) >= 11 is 4.17. The Bertz CT molecular complexity index is 327. The first-order chi connectivity index (χ1) is 7.27. The third-order valence-electron chi connectivity index (χ3n) is 2.25. The van der Waals surface area contributed by atoms with Crippen molar-refractivity contribution in [2.24, 2.45) is 0 Å². The van der Waals surface area contributed by atoms with Crippen LogP contribution < -0.4 is 5.32 Å². The summed E-state index contributed by atoms with van der Waals surface area (Å²) in [5.74, 6) is 2.70. The molecule has 82 valence electrons. The van der Waals surface area contributed by atoms with Crippen LogP contribution in [0.4, 0.5) is 0 Å². The van der Waals surface area contributed by atoms with Gasteiger partial charge in [-0.05, 0) is 59.0 Å². The maximum atomic E-state index is 5.26. The SMILES string of the molecule is C#CCCCC(NCC)c1csc(I)c1. The van der Waals surface area contributed by atoms with Crippen LogP contribution >= 0.6 is 33.9 Å². The maximum absolute atomic E-state index is 5.26. The van der Waals surface area contributed by atoms with Crippen molar-refractivity contribution < 1.29 is 0 Å². The number of unbranched alkanes of at least 4 members (excludes halogenated alkanes) is 1. The Morgan fingerprint density at radius 3 is 3.00 bits per heavy atom. The van der Waals surface area contributed by atoms with Gasteiger partial charge in [0.2, 0.25) is 0 Å². The maximum Gasteiger partial charge on any atom is 0.0656 e. The first-order valence-electron chi connectivity index (χ1n) is 5.18. The standard InChI is InChI=1S/C12H16INS/c1-3-5-6-7-11(14-4-2)10-8-12(13)15-9-10/h1,8-9,11,14H,4-7H2,2H3. The summed E-state index contributed by atoms with van der Waals surface area (Å²) < 4.78 is 1.35. The summed E-state index contributed by atoms with van der Waals surface area (Å²) in [6, 6.07) is 2.73. The molecular weight excluding hydrogens is 317 g/mol. The molecule has 0 saturated heterocycles. The van der Waals surface area contributed by atoms with Crippen molar-refractivity contribution in [2.45, 2.75) is 32.2 Å². The topological polar surface area (TPSA) is 12.0 Å². The number of hydrogen-bond acceptors (Lipinski definition) is 2. The minimum Gasteiger partial charge on any atom is -0.310 e. The van der Waals surface area contributed by atoms with E-state index in [0.717, 1.165) is 25.8 Å². The van der Waals surface area contributed by atoms with Gasteiger partial charge in [-0.1, -0.05) is 6.92 Å². The number of hydrogen-bond donors (Lipinski definition) is 1. The fraction of sp³-hybridized carbons (Fsp3) is 0.500. The average molecular weight is 333 g/mol. The van der Waals surface area contributed by atoms with Crippen molar-refractivity contribution in [1.29, 1.82) is 0 Å². The van der Waals surface area contributed by atoms with Gasteiger partial charge >= 0.3 is 0 Å². The van der Waals surface area contributed by atoms with Crippen LogP contribution in [0.3, 0.4) is 0 Å². The minimum absolute atomic E-state index is 0.475. The van der Waals surface area contributed by atoms with Crippen LogP contribution in [0.1, 0.15) is 37.8 Å².